The van der Waals surface area contributed by atoms with E-state index in [1.54, 1.807) is 12.4 Å². The van der Waals surface area contributed by atoms with Crippen LogP contribution in [0.5, 0.6) is 0 Å². The third kappa shape index (κ3) is 1.64. The Morgan fingerprint density at radius 2 is 1.18 bits per heavy atom. The quantitative estimate of drug-likeness (QED) is 0.497. The van der Waals surface area contributed by atoms with Gasteiger partial charge in [-0.1, -0.05) is 0 Å². The molecule has 0 radical (unpaired) electrons. The highest BCUT2D eigenvalue weighted by Crippen LogP contribution is 2.33. The van der Waals surface area contributed by atoms with Gasteiger partial charge in [-0.15, -0.1) is 0 Å². The zero-order chi connectivity index (χ0) is 14.5. The van der Waals surface area contributed by atoms with Crippen LogP contribution in [-0.2, 0) is 12.8 Å². The second kappa shape index (κ2) is 4.31. The summed E-state index contributed by atoms with van der Waals surface area (Å²) in [4.78, 5) is 18.3. The molecule has 0 N–H and O–H groups in total. The van der Waals surface area contributed by atoms with Gasteiger partial charge in [-0.05, 0) is 60.4 Å². The maximum atomic E-state index is 4.76. The molecule has 0 fully saturated rings. The van der Waals surface area contributed by atoms with Crippen LogP contribution in [0, 0.1) is 0 Å². The summed E-state index contributed by atoms with van der Waals surface area (Å²) < 4.78 is 0. The number of aryl methyl sites for hydroxylation is 2. The molecule has 4 aromatic rings. The minimum atomic E-state index is 0.775. The highest BCUT2D eigenvalue weighted by molar-refractivity contribution is 5.84. The molecule has 1 aliphatic rings. The smallest absolute Gasteiger partial charge is 0.159 e. The molecule has 4 nitrogen and oxygen atoms in total. The van der Waals surface area contributed by atoms with Crippen molar-refractivity contribution in [2.75, 3.05) is 0 Å². The Bertz CT molecular complexity index is 954. The van der Waals surface area contributed by atoms with Crippen molar-refractivity contribution in [3.05, 3.63) is 59.9 Å². The first-order valence-corrected chi connectivity index (χ1v) is 7.38. The van der Waals surface area contributed by atoms with Crippen molar-refractivity contribution in [2.24, 2.45) is 0 Å². The number of fused-ring (bicyclic) bond motifs is 5. The molecule has 0 saturated heterocycles. The molecule has 104 valence electrons. The number of rotatable bonds is 0. The van der Waals surface area contributed by atoms with Gasteiger partial charge in [0.25, 0.3) is 0 Å². The Hall–Kier alpha value is -2.88. The maximum absolute atomic E-state index is 4.76. The fraction of sp³-hybridized carbons (Fsp3) is 0.111. The highest BCUT2D eigenvalue weighted by atomic mass is 14.9. The van der Waals surface area contributed by atoms with Crippen LogP contribution in [0.15, 0.2) is 48.8 Å². The fourth-order valence-electron chi connectivity index (χ4n) is 3.16. The second-order valence-electron chi connectivity index (χ2n) is 5.59. The van der Waals surface area contributed by atoms with Gasteiger partial charge in [0.15, 0.2) is 11.3 Å². The summed E-state index contributed by atoms with van der Waals surface area (Å²) in [6, 6.07) is 12.4. The molecule has 4 heterocycles. The topological polar surface area (TPSA) is 51.6 Å². The average molecular weight is 284 g/mol. The molecular formula is C18H12N4. The number of hydrogen-bond acceptors (Lipinski definition) is 4. The van der Waals surface area contributed by atoms with E-state index in [1.165, 1.54) is 11.1 Å². The standard InChI is InChI=1S/C18H12N4/c1-3-13-9-11-5-6-12-10-14-4-2-8-20-18(14)22-16(12)15(11)21-17(13)19-7-1/h1-4,7-10H,5-6H2. The molecule has 22 heavy (non-hydrogen) atoms. The van der Waals surface area contributed by atoms with Crippen LogP contribution < -0.4 is 0 Å². The molecule has 4 aromatic heterocycles. The van der Waals surface area contributed by atoms with E-state index in [2.05, 4.69) is 34.2 Å². The van der Waals surface area contributed by atoms with Crippen LogP contribution in [0.4, 0.5) is 0 Å². The van der Waals surface area contributed by atoms with Crippen LogP contribution in [0.1, 0.15) is 11.1 Å². The number of nitrogens with zero attached hydrogens (tertiary/aromatic N) is 4. The van der Waals surface area contributed by atoms with Crippen molar-refractivity contribution in [2.45, 2.75) is 12.8 Å². The molecule has 0 aromatic carbocycles. The molecule has 1 aliphatic carbocycles. The van der Waals surface area contributed by atoms with Gasteiger partial charge in [0.2, 0.25) is 0 Å². The fourth-order valence-corrected chi connectivity index (χ4v) is 3.16. The summed E-state index contributed by atoms with van der Waals surface area (Å²) >= 11 is 0. The van der Waals surface area contributed by atoms with Crippen molar-refractivity contribution in [3.63, 3.8) is 0 Å². The van der Waals surface area contributed by atoms with Gasteiger partial charge in [0.05, 0.1) is 11.4 Å². The largest absolute Gasteiger partial charge is 0.237 e. The lowest BCUT2D eigenvalue weighted by Gasteiger charge is -2.18. The monoisotopic (exact) mass is 284 g/mol. The Labute approximate surface area is 126 Å². The highest BCUT2D eigenvalue weighted by Gasteiger charge is 2.20. The van der Waals surface area contributed by atoms with E-state index >= 15 is 0 Å². The molecule has 0 aliphatic heterocycles. The molecule has 0 spiro atoms. The first-order valence-electron chi connectivity index (χ1n) is 7.38. The van der Waals surface area contributed by atoms with Crippen molar-refractivity contribution in [1.29, 1.82) is 0 Å². The third-order valence-corrected chi connectivity index (χ3v) is 4.22. The number of hydrogen-bond donors (Lipinski definition) is 0. The summed E-state index contributed by atoms with van der Waals surface area (Å²) in [6.45, 7) is 0. The number of aromatic nitrogens is 4. The lowest BCUT2D eigenvalue weighted by atomic mass is 9.91. The summed E-state index contributed by atoms with van der Waals surface area (Å²) in [7, 11) is 0. The van der Waals surface area contributed by atoms with Gasteiger partial charge in [-0.3, -0.25) is 0 Å². The van der Waals surface area contributed by atoms with E-state index < -0.39 is 0 Å². The van der Waals surface area contributed by atoms with Gasteiger partial charge in [-0.2, -0.15) is 0 Å². The lowest BCUT2D eigenvalue weighted by Crippen LogP contribution is -2.08. The van der Waals surface area contributed by atoms with E-state index in [4.69, 9.17) is 9.97 Å². The molecule has 4 heteroatoms. The second-order valence-corrected chi connectivity index (χ2v) is 5.59. The zero-order valence-corrected chi connectivity index (χ0v) is 11.8. The maximum Gasteiger partial charge on any atom is 0.159 e. The molecule has 5 rings (SSSR count). The Balaban J connectivity index is 1.84. The molecule has 0 bridgehead atoms. The van der Waals surface area contributed by atoms with Crippen LogP contribution >= 0.6 is 0 Å². The summed E-state index contributed by atoms with van der Waals surface area (Å²) in [5.41, 5.74) is 5.96. The Kier molecular flexibility index (Phi) is 2.30. The van der Waals surface area contributed by atoms with E-state index in [0.29, 0.717) is 0 Å². The average Bonchev–Trinajstić information content (AvgIpc) is 2.58. The molecular weight excluding hydrogens is 272 g/mol. The van der Waals surface area contributed by atoms with Gasteiger partial charge < -0.3 is 0 Å². The van der Waals surface area contributed by atoms with Gasteiger partial charge in [0, 0.05) is 23.2 Å². The minimum absolute atomic E-state index is 0.775. The van der Waals surface area contributed by atoms with Crippen molar-refractivity contribution >= 4 is 22.1 Å². The van der Waals surface area contributed by atoms with Gasteiger partial charge in [-0.25, -0.2) is 19.9 Å². The zero-order valence-electron chi connectivity index (χ0n) is 11.8. The van der Waals surface area contributed by atoms with Gasteiger partial charge >= 0.3 is 0 Å². The molecule has 0 saturated carbocycles. The van der Waals surface area contributed by atoms with E-state index in [-0.39, 0.29) is 0 Å². The summed E-state index contributed by atoms with van der Waals surface area (Å²) in [5.74, 6) is 0. The lowest BCUT2D eigenvalue weighted by molar-refractivity contribution is 0.920. The Morgan fingerprint density at radius 3 is 1.68 bits per heavy atom. The predicted octanol–water partition coefficient (Wildman–Crippen LogP) is 3.34. The van der Waals surface area contributed by atoms with Gasteiger partial charge in [0.1, 0.15) is 0 Å². The molecule has 0 unspecified atom stereocenters. The third-order valence-electron chi connectivity index (χ3n) is 4.22. The molecule has 0 amide bonds. The predicted molar refractivity (Wildman–Crippen MR) is 85.5 cm³/mol. The first kappa shape index (κ1) is 11.7. The minimum Gasteiger partial charge on any atom is -0.237 e. The SMILES string of the molecule is c1cnc2nc3c(cc2c1)CCc1cc2cccnc2nc1-3. The Morgan fingerprint density at radius 1 is 0.682 bits per heavy atom. The van der Waals surface area contributed by atoms with Crippen LogP contribution in [0.3, 0.4) is 0 Å². The number of pyridine rings is 4. The normalized spacial score (nSPS) is 13.1. The van der Waals surface area contributed by atoms with Crippen LogP contribution in [-0.4, -0.2) is 19.9 Å². The first-order chi connectivity index (χ1) is 10.9. The van der Waals surface area contributed by atoms with E-state index in [1.807, 2.05) is 12.1 Å². The molecule has 0 atom stereocenters. The van der Waals surface area contributed by atoms with E-state index in [0.717, 1.165) is 46.3 Å². The van der Waals surface area contributed by atoms with Crippen LogP contribution in [0.25, 0.3) is 33.5 Å². The van der Waals surface area contributed by atoms with Crippen molar-refractivity contribution in [3.8, 4) is 11.4 Å². The van der Waals surface area contributed by atoms with Crippen molar-refractivity contribution in [1.82, 2.24) is 19.9 Å². The van der Waals surface area contributed by atoms with Crippen LogP contribution in [0.2, 0.25) is 0 Å². The summed E-state index contributed by atoms with van der Waals surface area (Å²) in [6.07, 6.45) is 5.54. The summed E-state index contributed by atoms with van der Waals surface area (Å²) in [5, 5.41) is 2.17. The van der Waals surface area contributed by atoms with Crippen molar-refractivity contribution < 1.29 is 0 Å². The van der Waals surface area contributed by atoms with E-state index in [9.17, 15) is 0 Å².